The largest absolute Gasteiger partial charge is 0.497 e. The molecule has 146 valence electrons. The number of benzene rings is 2. The summed E-state index contributed by atoms with van der Waals surface area (Å²) in [6.45, 7) is 1.01. The van der Waals surface area contributed by atoms with Gasteiger partial charge in [0.05, 0.1) is 32.7 Å². The van der Waals surface area contributed by atoms with E-state index >= 15 is 0 Å². The van der Waals surface area contributed by atoms with Crippen LogP contribution in [0, 0.1) is 5.92 Å². The molecule has 4 rings (SSSR count). The molecular weight excluding hydrogens is 356 g/mol. The Balaban J connectivity index is 1.44. The third kappa shape index (κ3) is 3.67. The van der Waals surface area contributed by atoms with Gasteiger partial charge < -0.3 is 19.8 Å². The number of ether oxygens (including phenoxy) is 2. The van der Waals surface area contributed by atoms with Crippen LogP contribution in [0.4, 0.5) is 0 Å². The summed E-state index contributed by atoms with van der Waals surface area (Å²) >= 11 is 0. The number of nitrogens with one attached hydrogen (secondary N) is 4. The number of methoxy groups -OCH3 is 2. The molecule has 2 atom stereocenters. The first-order valence-electron chi connectivity index (χ1n) is 9.23. The van der Waals surface area contributed by atoms with Gasteiger partial charge in [-0.05, 0) is 42.0 Å². The predicted molar refractivity (Wildman–Crippen MR) is 107 cm³/mol. The molecule has 1 amide bonds. The van der Waals surface area contributed by atoms with Crippen LogP contribution in [-0.4, -0.2) is 31.7 Å². The van der Waals surface area contributed by atoms with Crippen molar-refractivity contribution in [1.29, 1.82) is 0 Å². The van der Waals surface area contributed by atoms with E-state index in [1.54, 1.807) is 14.2 Å². The third-order valence-corrected chi connectivity index (χ3v) is 5.11. The van der Waals surface area contributed by atoms with E-state index in [9.17, 15) is 4.79 Å². The van der Waals surface area contributed by atoms with Crippen molar-refractivity contribution in [2.24, 2.45) is 5.92 Å². The number of rotatable bonds is 6. The van der Waals surface area contributed by atoms with E-state index in [1.165, 1.54) is 0 Å². The zero-order valence-electron chi connectivity index (χ0n) is 15.9. The molecule has 1 aliphatic rings. The summed E-state index contributed by atoms with van der Waals surface area (Å²) < 4.78 is 10.6. The molecule has 0 saturated carbocycles. The van der Waals surface area contributed by atoms with E-state index in [0.29, 0.717) is 13.1 Å². The third-order valence-electron chi connectivity index (χ3n) is 5.11. The van der Waals surface area contributed by atoms with Crippen LogP contribution < -0.4 is 25.6 Å². The highest BCUT2D eigenvalue weighted by molar-refractivity contribution is 5.83. The average molecular weight is 380 g/mol. The van der Waals surface area contributed by atoms with Crippen molar-refractivity contribution in [2.45, 2.75) is 12.6 Å². The minimum atomic E-state index is -0.212. The molecule has 1 saturated heterocycles. The van der Waals surface area contributed by atoms with Gasteiger partial charge in [-0.2, -0.15) is 0 Å². The highest BCUT2D eigenvalue weighted by Gasteiger charge is 2.34. The van der Waals surface area contributed by atoms with Crippen molar-refractivity contribution in [2.75, 3.05) is 20.8 Å². The van der Waals surface area contributed by atoms with E-state index in [-0.39, 0.29) is 17.9 Å². The van der Waals surface area contributed by atoms with Crippen molar-refractivity contribution in [3.8, 4) is 11.5 Å². The van der Waals surface area contributed by atoms with Crippen LogP contribution in [0.25, 0.3) is 10.9 Å². The van der Waals surface area contributed by atoms with E-state index in [0.717, 1.165) is 33.7 Å². The second kappa shape index (κ2) is 7.92. The molecule has 7 heteroatoms. The van der Waals surface area contributed by atoms with Crippen LogP contribution in [0.1, 0.15) is 17.3 Å². The monoisotopic (exact) mass is 380 g/mol. The minimum Gasteiger partial charge on any atom is -0.497 e. The standard InChI is InChI=1S/C21H24N4O3/c1-27-16-5-3-4-13(9-16)20-18(12-23-25-20)21(26)22-11-15-8-14-10-17(28-2)6-7-19(14)24-15/h3-10,18,20,23-25H,11-12H2,1-2H3,(H,22,26). The van der Waals surface area contributed by atoms with Gasteiger partial charge in [0.2, 0.25) is 5.91 Å². The number of carbonyl (C=O) groups is 1. The lowest BCUT2D eigenvalue weighted by molar-refractivity contribution is -0.125. The zero-order chi connectivity index (χ0) is 19.5. The fraction of sp³-hybridized carbons (Fsp3) is 0.286. The second-order valence-electron chi connectivity index (χ2n) is 6.85. The van der Waals surface area contributed by atoms with Crippen LogP contribution in [0.3, 0.4) is 0 Å². The molecule has 1 aromatic heterocycles. The maximum Gasteiger partial charge on any atom is 0.226 e. The average Bonchev–Trinajstić information content (AvgIpc) is 3.38. The Kier molecular flexibility index (Phi) is 5.18. The molecular formula is C21H24N4O3. The van der Waals surface area contributed by atoms with Crippen molar-refractivity contribution >= 4 is 16.8 Å². The smallest absolute Gasteiger partial charge is 0.226 e. The SMILES string of the molecule is COc1cccc(C2NNCC2C(=O)NCc2cc3cc(OC)ccc3[nH]2)c1. The van der Waals surface area contributed by atoms with Crippen molar-refractivity contribution in [3.05, 3.63) is 59.8 Å². The Hall–Kier alpha value is -3.03. The van der Waals surface area contributed by atoms with E-state index < -0.39 is 0 Å². The molecule has 2 aromatic carbocycles. The molecule has 0 aliphatic carbocycles. The molecule has 3 aromatic rings. The molecule has 0 spiro atoms. The van der Waals surface area contributed by atoms with Crippen LogP contribution >= 0.6 is 0 Å². The Labute approximate surface area is 163 Å². The second-order valence-corrected chi connectivity index (χ2v) is 6.85. The van der Waals surface area contributed by atoms with Gasteiger partial charge in [-0.25, -0.2) is 5.43 Å². The summed E-state index contributed by atoms with van der Waals surface area (Å²) in [6.07, 6.45) is 0. The van der Waals surface area contributed by atoms with Crippen molar-refractivity contribution in [3.63, 3.8) is 0 Å². The zero-order valence-corrected chi connectivity index (χ0v) is 15.9. The lowest BCUT2D eigenvalue weighted by Gasteiger charge is -2.19. The Bertz CT molecular complexity index is 985. The minimum absolute atomic E-state index is 0.00144. The number of carbonyl (C=O) groups excluding carboxylic acids is 1. The van der Waals surface area contributed by atoms with Gasteiger partial charge in [0.15, 0.2) is 0 Å². The lowest BCUT2D eigenvalue weighted by atomic mass is 9.94. The summed E-state index contributed by atoms with van der Waals surface area (Å²) in [7, 11) is 3.29. The van der Waals surface area contributed by atoms with Gasteiger partial charge in [-0.3, -0.25) is 10.2 Å². The molecule has 2 unspecified atom stereocenters. The maximum absolute atomic E-state index is 12.8. The van der Waals surface area contributed by atoms with E-state index in [1.807, 2.05) is 48.5 Å². The number of aromatic nitrogens is 1. The predicted octanol–water partition coefficient (Wildman–Crippen LogP) is 2.27. The van der Waals surface area contributed by atoms with E-state index in [2.05, 4.69) is 21.2 Å². The number of fused-ring (bicyclic) bond motifs is 1. The fourth-order valence-corrected chi connectivity index (χ4v) is 3.60. The topological polar surface area (TPSA) is 87.4 Å². The number of hydrogen-bond acceptors (Lipinski definition) is 5. The van der Waals surface area contributed by atoms with Gasteiger partial charge >= 0.3 is 0 Å². The van der Waals surface area contributed by atoms with Crippen molar-refractivity contribution in [1.82, 2.24) is 21.2 Å². The summed E-state index contributed by atoms with van der Waals surface area (Å²) in [5, 5.41) is 4.10. The summed E-state index contributed by atoms with van der Waals surface area (Å²) in [4.78, 5) is 16.1. The molecule has 1 fully saturated rings. The van der Waals surface area contributed by atoms with Crippen LogP contribution in [0.2, 0.25) is 0 Å². The first kappa shape index (κ1) is 18.3. The molecule has 2 heterocycles. The first-order chi connectivity index (χ1) is 13.7. The molecule has 7 nitrogen and oxygen atoms in total. The summed E-state index contributed by atoms with van der Waals surface area (Å²) in [6, 6.07) is 15.6. The normalized spacial score (nSPS) is 18.9. The summed E-state index contributed by atoms with van der Waals surface area (Å²) in [5.74, 6) is 1.38. The van der Waals surface area contributed by atoms with Gasteiger partial charge in [0.25, 0.3) is 0 Å². The van der Waals surface area contributed by atoms with Gasteiger partial charge in [0, 0.05) is 23.1 Å². The maximum atomic E-state index is 12.8. The Morgan fingerprint density at radius 2 is 1.93 bits per heavy atom. The lowest BCUT2D eigenvalue weighted by Crippen LogP contribution is -2.34. The fourth-order valence-electron chi connectivity index (χ4n) is 3.60. The first-order valence-corrected chi connectivity index (χ1v) is 9.23. The molecule has 0 bridgehead atoms. The Morgan fingerprint density at radius 3 is 2.75 bits per heavy atom. The number of hydrogen-bond donors (Lipinski definition) is 4. The highest BCUT2D eigenvalue weighted by atomic mass is 16.5. The van der Waals surface area contributed by atoms with E-state index in [4.69, 9.17) is 9.47 Å². The van der Waals surface area contributed by atoms with Crippen molar-refractivity contribution < 1.29 is 14.3 Å². The molecule has 4 N–H and O–H groups in total. The molecule has 1 aliphatic heterocycles. The van der Waals surface area contributed by atoms with Crippen LogP contribution in [-0.2, 0) is 11.3 Å². The quantitative estimate of drug-likeness (QED) is 0.527. The van der Waals surface area contributed by atoms with Gasteiger partial charge in [-0.1, -0.05) is 12.1 Å². The van der Waals surface area contributed by atoms with Gasteiger partial charge in [0.1, 0.15) is 11.5 Å². The number of aromatic amines is 1. The molecule has 28 heavy (non-hydrogen) atoms. The Morgan fingerprint density at radius 1 is 1.11 bits per heavy atom. The number of H-pyrrole nitrogens is 1. The van der Waals surface area contributed by atoms with Crippen LogP contribution in [0.15, 0.2) is 48.5 Å². The van der Waals surface area contributed by atoms with Crippen LogP contribution in [0.5, 0.6) is 11.5 Å². The highest BCUT2D eigenvalue weighted by Crippen LogP contribution is 2.28. The molecule has 0 radical (unpaired) electrons. The number of hydrazine groups is 1. The summed E-state index contributed by atoms with van der Waals surface area (Å²) in [5.41, 5.74) is 9.28. The van der Waals surface area contributed by atoms with Gasteiger partial charge in [-0.15, -0.1) is 0 Å². The number of amides is 1.